The van der Waals surface area contributed by atoms with Gasteiger partial charge < -0.3 is 10.2 Å². The predicted molar refractivity (Wildman–Crippen MR) is 75.0 cm³/mol. The van der Waals surface area contributed by atoms with Crippen LogP contribution in [0.4, 0.5) is 0 Å². The van der Waals surface area contributed by atoms with E-state index in [1.807, 2.05) is 0 Å². The van der Waals surface area contributed by atoms with Crippen LogP contribution in [-0.4, -0.2) is 22.2 Å². The van der Waals surface area contributed by atoms with Crippen LogP contribution in [-0.2, 0) is 9.59 Å². The van der Waals surface area contributed by atoms with Crippen LogP contribution in [0.2, 0.25) is 0 Å². The molecule has 100 valence electrons. The molecule has 0 spiro atoms. The summed E-state index contributed by atoms with van der Waals surface area (Å²) in [5.74, 6) is -2.53. The smallest absolute Gasteiger partial charge is 0.337 e. The summed E-state index contributed by atoms with van der Waals surface area (Å²) >= 11 is 0. The third kappa shape index (κ3) is 2.75. The van der Waals surface area contributed by atoms with Crippen molar-refractivity contribution in [3.8, 4) is 0 Å². The van der Waals surface area contributed by atoms with Gasteiger partial charge in [-0.1, -0.05) is 60.7 Å². The molecule has 0 unspecified atom stereocenters. The number of aliphatic carboxylic acids is 2. The Morgan fingerprint density at radius 1 is 0.600 bits per heavy atom. The van der Waals surface area contributed by atoms with Gasteiger partial charge in [-0.3, -0.25) is 0 Å². The maximum atomic E-state index is 11.5. The molecule has 0 amide bonds. The van der Waals surface area contributed by atoms with Crippen molar-refractivity contribution in [1.29, 1.82) is 0 Å². The number of carboxylic acid groups (broad SMARTS) is 2. The molecule has 2 aromatic rings. The molecule has 0 saturated carbocycles. The number of rotatable bonds is 4. The second-order valence-corrected chi connectivity index (χ2v) is 4.09. The molecule has 2 rings (SSSR count). The molecule has 0 bridgehead atoms. The third-order valence-electron chi connectivity index (χ3n) is 2.80. The maximum absolute atomic E-state index is 11.5. The fraction of sp³-hybridized carbons (Fsp3) is 0. The highest BCUT2D eigenvalue weighted by Gasteiger charge is 2.23. The van der Waals surface area contributed by atoms with Gasteiger partial charge in [0.1, 0.15) is 0 Å². The molecule has 2 N–H and O–H groups in total. The van der Waals surface area contributed by atoms with E-state index in [9.17, 15) is 19.8 Å². The van der Waals surface area contributed by atoms with Crippen LogP contribution in [0, 0.1) is 0 Å². The lowest BCUT2D eigenvalue weighted by Gasteiger charge is -2.09. The molecule has 0 fully saturated rings. The molecule has 2 aromatic carbocycles. The number of benzene rings is 2. The van der Waals surface area contributed by atoms with Gasteiger partial charge >= 0.3 is 11.9 Å². The summed E-state index contributed by atoms with van der Waals surface area (Å²) in [6.45, 7) is 0. The van der Waals surface area contributed by atoms with Crippen LogP contribution in [0.25, 0.3) is 11.1 Å². The van der Waals surface area contributed by atoms with Crippen molar-refractivity contribution in [2.75, 3.05) is 0 Å². The largest absolute Gasteiger partial charge is 0.478 e. The van der Waals surface area contributed by atoms with Gasteiger partial charge in [-0.2, -0.15) is 0 Å². The van der Waals surface area contributed by atoms with Crippen LogP contribution in [0.15, 0.2) is 60.7 Å². The zero-order valence-corrected chi connectivity index (χ0v) is 10.5. The van der Waals surface area contributed by atoms with Gasteiger partial charge in [0, 0.05) is 0 Å². The molecule has 4 nitrogen and oxygen atoms in total. The van der Waals surface area contributed by atoms with Crippen molar-refractivity contribution in [3.05, 3.63) is 71.8 Å². The van der Waals surface area contributed by atoms with E-state index >= 15 is 0 Å². The van der Waals surface area contributed by atoms with Gasteiger partial charge in [0.05, 0.1) is 11.1 Å². The second-order valence-electron chi connectivity index (χ2n) is 4.09. The van der Waals surface area contributed by atoms with E-state index in [4.69, 9.17) is 0 Å². The lowest BCUT2D eigenvalue weighted by Crippen LogP contribution is -2.10. The van der Waals surface area contributed by atoms with Crippen LogP contribution in [0.1, 0.15) is 11.1 Å². The first kappa shape index (κ1) is 13.5. The van der Waals surface area contributed by atoms with Gasteiger partial charge in [0.25, 0.3) is 0 Å². The summed E-state index contributed by atoms with van der Waals surface area (Å²) < 4.78 is 0. The highest BCUT2D eigenvalue weighted by Crippen LogP contribution is 2.26. The summed E-state index contributed by atoms with van der Waals surface area (Å²) in [6.07, 6.45) is 0. The van der Waals surface area contributed by atoms with Crippen molar-refractivity contribution < 1.29 is 19.8 Å². The van der Waals surface area contributed by atoms with Gasteiger partial charge in [0.15, 0.2) is 0 Å². The van der Waals surface area contributed by atoms with E-state index in [0.29, 0.717) is 11.1 Å². The van der Waals surface area contributed by atoms with Crippen molar-refractivity contribution in [1.82, 2.24) is 0 Å². The quantitative estimate of drug-likeness (QED) is 0.660. The van der Waals surface area contributed by atoms with Crippen LogP contribution >= 0.6 is 0 Å². The Bertz CT molecular complexity index is 598. The number of hydrogen-bond donors (Lipinski definition) is 2. The highest BCUT2D eigenvalue weighted by molar-refractivity contribution is 6.36. The third-order valence-corrected chi connectivity index (χ3v) is 2.80. The molecular weight excluding hydrogens is 256 g/mol. The topological polar surface area (TPSA) is 74.6 Å². The van der Waals surface area contributed by atoms with E-state index in [2.05, 4.69) is 0 Å². The van der Waals surface area contributed by atoms with E-state index in [0.717, 1.165) is 0 Å². The Hall–Kier alpha value is -2.88. The minimum Gasteiger partial charge on any atom is -0.478 e. The monoisotopic (exact) mass is 268 g/mol. The van der Waals surface area contributed by atoms with Crippen molar-refractivity contribution in [2.24, 2.45) is 0 Å². The molecule has 0 saturated heterocycles. The molecule has 20 heavy (non-hydrogen) atoms. The number of carboxylic acids is 2. The molecule has 0 aliphatic heterocycles. The second kappa shape index (κ2) is 5.84. The van der Waals surface area contributed by atoms with Crippen molar-refractivity contribution in [3.63, 3.8) is 0 Å². The summed E-state index contributed by atoms with van der Waals surface area (Å²) in [7, 11) is 0. The SMILES string of the molecule is O=C(O)C(=C(C(=O)O)c1ccccc1)c1ccccc1. The standard InChI is InChI=1S/C16H12O4/c17-15(18)13(11-7-3-1-4-8-11)14(16(19)20)12-9-5-2-6-10-12/h1-10H,(H,17,18)(H,19,20). The van der Waals surface area contributed by atoms with Crippen LogP contribution in [0.5, 0.6) is 0 Å². The zero-order valence-electron chi connectivity index (χ0n) is 10.5. The predicted octanol–water partition coefficient (Wildman–Crippen LogP) is 2.77. The van der Waals surface area contributed by atoms with E-state index in [1.165, 1.54) is 0 Å². The summed E-state index contributed by atoms with van der Waals surface area (Å²) in [5.41, 5.74) is 0.288. The van der Waals surface area contributed by atoms with Gasteiger partial charge in [-0.25, -0.2) is 9.59 Å². The highest BCUT2D eigenvalue weighted by atomic mass is 16.4. The summed E-state index contributed by atoms with van der Waals surface area (Å²) in [4.78, 5) is 23.0. The van der Waals surface area contributed by atoms with E-state index in [1.54, 1.807) is 60.7 Å². The van der Waals surface area contributed by atoms with Gasteiger partial charge in [-0.05, 0) is 11.1 Å². The lowest BCUT2D eigenvalue weighted by molar-refractivity contribution is -0.132. The van der Waals surface area contributed by atoms with Crippen LogP contribution in [0.3, 0.4) is 0 Å². The summed E-state index contributed by atoms with van der Waals surface area (Å²) in [6, 6.07) is 16.5. The normalized spacial score (nSPS) is 11.6. The minimum atomic E-state index is -1.27. The van der Waals surface area contributed by atoms with Crippen LogP contribution < -0.4 is 0 Å². The average molecular weight is 268 g/mol. The van der Waals surface area contributed by atoms with Gasteiger partial charge in [0.2, 0.25) is 0 Å². The number of hydrogen-bond acceptors (Lipinski definition) is 2. The number of carbonyl (C=O) groups is 2. The zero-order chi connectivity index (χ0) is 14.5. The first-order chi connectivity index (χ1) is 9.61. The first-order valence-corrected chi connectivity index (χ1v) is 5.93. The molecule has 0 aliphatic rings. The maximum Gasteiger partial charge on any atom is 0.337 e. The molecule has 0 atom stereocenters. The molecule has 0 radical (unpaired) electrons. The molecule has 4 heteroatoms. The molecular formula is C16H12O4. The van der Waals surface area contributed by atoms with E-state index < -0.39 is 11.9 Å². The average Bonchev–Trinajstić information content (AvgIpc) is 2.45. The molecule has 0 aromatic heterocycles. The molecule has 0 aliphatic carbocycles. The van der Waals surface area contributed by atoms with E-state index in [-0.39, 0.29) is 11.1 Å². The molecule has 0 heterocycles. The Morgan fingerprint density at radius 3 is 1.15 bits per heavy atom. The Morgan fingerprint density at radius 2 is 0.900 bits per heavy atom. The Kier molecular flexibility index (Phi) is 3.96. The fourth-order valence-corrected chi connectivity index (χ4v) is 1.96. The summed E-state index contributed by atoms with van der Waals surface area (Å²) in [5, 5.41) is 18.8. The lowest BCUT2D eigenvalue weighted by atomic mass is 9.94. The van der Waals surface area contributed by atoms with Gasteiger partial charge in [-0.15, -0.1) is 0 Å². The fourth-order valence-electron chi connectivity index (χ4n) is 1.96. The van der Waals surface area contributed by atoms with Crippen molar-refractivity contribution >= 4 is 23.1 Å². The Balaban J connectivity index is 2.74. The Labute approximate surface area is 115 Å². The van der Waals surface area contributed by atoms with Crippen molar-refractivity contribution in [2.45, 2.75) is 0 Å². The minimum absolute atomic E-state index is 0.218. The first-order valence-electron chi connectivity index (χ1n) is 5.93.